The summed E-state index contributed by atoms with van der Waals surface area (Å²) in [5.41, 5.74) is 6.97. The summed E-state index contributed by atoms with van der Waals surface area (Å²) in [4.78, 5) is 14.0. The lowest BCUT2D eigenvalue weighted by molar-refractivity contribution is -0.138. The van der Waals surface area contributed by atoms with E-state index in [0.29, 0.717) is 10.9 Å². The second-order valence-electron chi connectivity index (χ2n) is 4.57. The van der Waals surface area contributed by atoms with Gasteiger partial charge in [-0.15, -0.1) is 0 Å². The van der Waals surface area contributed by atoms with E-state index >= 15 is 0 Å². The molecule has 1 aromatic heterocycles. The Morgan fingerprint density at radius 3 is 2.75 bits per heavy atom. The van der Waals surface area contributed by atoms with Crippen LogP contribution >= 0.6 is 0 Å². The van der Waals surface area contributed by atoms with Gasteiger partial charge < -0.3 is 15.8 Å². The Hall–Kier alpha value is -1.86. The van der Waals surface area contributed by atoms with Crippen molar-refractivity contribution in [2.45, 2.75) is 24.3 Å². The number of hydrogen-bond donors (Lipinski definition) is 3. The van der Waals surface area contributed by atoms with E-state index in [0.717, 1.165) is 5.52 Å². The van der Waals surface area contributed by atoms with Crippen LogP contribution in [0.1, 0.15) is 12.5 Å². The lowest BCUT2D eigenvalue weighted by Gasteiger charge is -2.06. The first-order chi connectivity index (χ1) is 9.35. The molecule has 0 saturated heterocycles. The number of rotatable bonds is 5. The van der Waals surface area contributed by atoms with Gasteiger partial charge in [0.2, 0.25) is 0 Å². The van der Waals surface area contributed by atoms with Crippen molar-refractivity contribution in [1.29, 1.82) is 0 Å². The molecule has 0 aliphatic heterocycles. The fourth-order valence-electron chi connectivity index (χ4n) is 2.01. The van der Waals surface area contributed by atoms with Crippen LogP contribution in [0.2, 0.25) is 0 Å². The Bertz CT molecular complexity index is 749. The highest BCUT2D eigenvalue weighted by Crippen LogP contribution is 2.23. The zero-order valence-electron chi connectivity index (χ0n) is 11.0. The van der Waals surface area contributed by atoms with E-state index in [4.69, 9.17) is 10.8 Å². The summed E-state index contributed by atoms with van der Waals surface area (Å²) in [6.45, 7) is 1.58. The number of carboxylic acid groups (broad SMARTS) is 1. The summed E-state index contributed by atoms with van der Waals surface area (Å²) >= 11 is 0. The van der Waals surface area contributed by atoms with Gasteiger partial charge >= 0.3 is 5.97 Å². The first-order valence-corrected chi connectivity index (χ1v) is 7.81. The molecule has 2 aromatic rings. The lowest BCUT2D eigenvalue weighted by Crippen LogP contribution is -2.32. The number of hydrogen-bond acceptors (Lipinski definition) is 4. The molecule has 0 fully saturated rings. The number of nitrogens with two attached hydrogens (primary N) is 1. The molecule has 0 aliphatic rings. The molecule has 2 rings (SSSR count). The van der Waals surface area contributed by atoms with E-state index in [1.54, 1.807) is 31.3 Å². The Kier molecular flexibility index (Phi) is 3.82. The molecule has 1 unspecified atom stereocenters. The van der Waals surface area contributed by atoms with Crippen LogP contribution in [0.4, 0.5) is 0 Å². The third-order valence-corrected chi connectivity index (χ3v) is 4.97. The Morgan fingerprint density at radius 2 is 2.15 bits per heavy atom. The quantitative estimate of drug-likeness (QED) is 0.759. The van der Waals surface area contributed by atoms with Crippen molar-refractivity contribution >= 4 is 26.7 Å². The minimum absolute atomic E-state index is 0.0207. The molecular weight excluding hydrogens is 280 g/mol. The molecule has 0 bridgehead atoms. The predicted molar refractivity (Wildman–Crippen MR) is 75.3 cm³/mol. The van der Waals surface area contributed by atoms with Gasteiger partial charge in [-0.2, -0.15) is 0 Å². The standard InChI is InChI=1S/C13H16N2O4S/c1-2-20(18,19)9-3-4-12-10(6-9)8(7-15-12)5-11(14)13(16)17/h3-4,6-7,11,15H,2,5,14H2,1H3,(H,16,17). The number of aliphatic carboxylic acids is 1. The minimum Gasteiger partial charge on any atom is -0.480 e. The van der Waals surface area contributed by atoms with Gasteiger partial charge in [0.25, 0.3) is 0 Å². The first-order valence-electron chi connectivity index (χ1n) is 6.16. The van der Waals surface area contributed by atoms with E-state index in [-0.39, 0.29) is 17.1 Å². The molecule has 108 valence electrons. The van der Waals surface area contributed by atoms with E-state index in [9.17, 15) is 13.2 Å². The van der Waals surface area contributed by atoms with Gasteiger partial charge in [-0.1, -0.05) is 6.92 Å². The van der Waals surface area contributed by atoms with Crippen LogP contribution < -0.4 is 5.73 Å². The van der Waals surface area contributed by atoms with Gasteiger partial charge in [-0.05, 0) is 23.8 Å². The summed E-state index contributed by atoms with van der Waals surface area (Å²) < 4.78 is 23.8. The van der Waals surface area contributed by atoms with Crippen molar-refractivity contribution in [1.82, 2.24) is 4.98 Å². The number of H-pyrrole nitrogens is 1. The maximum Gasteiger partial charge on any atom is 0.320 e. The fourth-order valence-corrected chi connectivity index (χ4v) is 2.92. The Balaban J connectivity index is 2.48. The van der Waals surface area contributed by atoms with Gasteiger partial charge in [-0.3, -0.25) is 4.79 Å². The normalized spacial score (nSPS) is 13.5. The van der Waals surface area contributed by atoms with Gasteiger partial charge in [0.05, 0.1) is 10.6 Å². The van der Waals surface area contributed by atoms with Gasteiger partial charge in [0.15, 0.2) is 9.84 Å². The third-order valence-electron chi connectivity index (χ3n) is 3.24. The number of nitrogens with one attached hydrogen (secondary N) is 1. The molecule has 1 atom stereocenters. The van der Waals surface area contributed by atoms with Gasteiger partial charge in [0, 0.05) is 23.5 Å². The van der Waals surface area contributed by atoms with Crippen molar-refractivity contribution in [3.8, 4) is 0 Å². The topological polar surface area (TPSA) is 113 Å². The molecule has 1 aromatic carbocycles. The summed E-state index contributed by atoms with van der Waals surface area (Å²) in [6, 6.07) is 3.77. The number of benzene rings is 1. The van der Waals surface area contributed by atoms with Crippen molar-refractivity contribution in [2.24, 2.45) is 5.73 Å². The van der Waals surface area contributed by atoms with E-state index in [1.807, 2.05) is 0 Å². The smallest absolute Gasteiger partial charge is 0.320 e. The molecule has 0 radical (unpaired) electrons. The molecule has 0 spiro atoms. The van der Waals surface area contributed by atoms with E-state index in [1.165, 1.54) is 0 Å². The largest absolute Gasteiger partial charge is 0.480 e. The van der Waals surface area contributed by atoms with Crippen LogP contribution in [0.3, 0.4) is 0 Å². The molecule has 0 amide bonds. The zero-order chi connectivity index (χ0) is 14.9. The maximum atomic E-state index is 11.9. The molecule has 0 saturated carbocycles. The highest BCUT2D eigenvalue weighted by atomic mass is 32.2. The highest BCUT2D eigenvalue weighted by Gasteiger charge is 2.17. The lowest BCUT2D eigenvalue weighted by atomic mass is 10.1. The molecule has 20 heavy (non-hydrogen) atoms. The molecule has 7 heteroatoms. The van der Waals surface area contributed by atoms with Crippen molar-refractivity contribution in [3.63, 3.8) is 0 Å². The minimum atomic E-state index is -3.29. The predicted octanol–water partition coefficient (Wildman–Crippen LogP) is 0.916. The number of sulfone groups is 1. The van der Waals surface area contributed by atoms with Crippen molar-refractivity contribution < 1.29 is 18.3 Å². The summed E-state index contributed by atoms with van der Waals surface area (Å²) in [6.07, 6.45) is 1.81. The summed E-state index contributed by atoms with van der Waals surface area (Å²) in [5, 5.41) is 9.53. The first kappa shape index (κ1) is 14.5. The van der Waals surface area contributed by atoms with E-state index in [2.05, 4.69) is 4.98 Å². The van der Waals surface area contributed by atoms with Crippen LogP contribution in [0.5, 0.6) is 0 Å². The number of carbonyl (C=O) groups is 1. The van der Waals surface area contributed by atoms with Crippen LogP contribution in [0.15, 0.2) is 29.3 Å². The zero-order valence-corrected chi connectivity index (χ0v) is 11.8. The fraction of sp³-hybridized carbons (Fsp3) is 0.308. The van der Waals surface area contributed by atoms with Crippen molar-refractivity contribution in [3.05, 3.63) is 30.0 Å². The molecular formula is C13H16N2O4S. The molecule has 0 aliphatic carbocycles. The van der Waals surface area contributed by atoms with E-state index < -0.39 is 21.8 Å². The molecule has 4 N–H and O–H groups in total. The van der Waals surface area contributed by atoms with Gasteiger partial charge in [-0.25, -0.2) is 8.42 Å². The van der Waals surface area contributed by atoms with Crippen molar-refractivity contribution in [2.75, 3.05) is 5.75 Å². The molecule has 1 heterocycles. The SMILES string of the molecule is CCS(=O)(=O)c1ccc2[nH]cc(CC(N)C(=O)O)c2c1. The van der Waals surface area contributed by atoms with Gasteiger partial charge in [0.1, 0.15) is 6.04 Å². The number of aromatic amines is 1. The maximum absolute atomic E-state index is 11.9. The average Bonchev–Trinajstić information content (AvgIpc) is 2.81. The van der Waals surface area contributed by atoms with Crippen LogP contribution in [0.25, 0.3) is 10.9 Å². The second kappa shape index (κ2) is 5.26. The average molecular weight is 296 g/mol. The van der Waals surface area contributed by atoms with Crippen LogP contribution in [-0.4, -0.2) is 36.3 Å². The Morgan fingerprint density at radius 1 is 1.45 bits per heavy atom. The number of carboxylic acids is 1. The monoisotopic (exact) mass is 296 g/mol. The highest BCUT2D eigenvalue weighted by molar-refractivity contribution is 7.91. The van der Waals surface area contributed by atoms with Crippen LogP contribution in [0, 0.1) is 0 Å². The third kappa shape index (κ3) is 2.68. The number of aromatic nitrogens is 1. The number of fused-ring (bicyclic) bond motifs is 1. The summed E-state index contributed by atoms with van der Waals surface area (Å²) in [5.74, 6) is -1.07. The Labute approximate surface area is 116 Å². The second-order valence-corrected chi connectivity index (χ2v) is 6.85. The summed E-state index contributed by atoms with van der Waals surface area (Å²) in [7, 11) is -3.29. The molecule has 6 nitrogen and oxygen atoms in total. The van der Waals surface area contributed by atoms with Crippen LogP contribution in [-0.2, 0) is 21.1 Å².